The van der Waals surface area contributed by atoms with Gasteiger partial charge >= 0.3 is 0 Å². The van der Waals surface area contributed by atoms with E-state index >= 15 is 0 Å². The first kappa shape index (κ1) is 15.8. The maximum Gasteiger partial charge on any atom is 0.163 e. The van der Waals surface area contributed by atoms with Gasteiger partial charge in [0.1, 0.15) is 13.2 Å². The van der Waals surface area contributed by atoms with Crippen molar-refractivity contribution in [2.45, 2.75) is 32.2 Å². The standard InChI is InChI=1S/C19H26N2O3/c22-9-3-7-21-14-15(4-8-20-5-1-2-6-20)16-12-18-19(13-17(16)21)24-11-10-23-18/h12-14,22H,1-11H2. The average Bonchev–Trinajstić information content (AvgIpc) is 3.24. The topological polar surface area (TPSA) is 46.9 Å². The van der Waals surface area contributed by atoms with Crippen molar-refractivity contribution < 1.29 is 14.6 Å². The molecule has 0 bridgehead atoms. The number of aliphatic hydroxyl groups is 1. The molecule has 5 nitrogen and oxygen atoms in total. The monoisotopic (exact) mass is 330 g/mol. The van der Waals surface area contributed by atoms with Crippen molar-refractivity contribution in [3.05, 3.63) is 23.9 Å². The second kappa shape index (κ2) is 7.03. The third kappa shape index (κ3) is 3.10. The maximum absolute atomic E-state index is 9.18. The molecule has 5 heteroatoms. The molecule has 0 saturated carbocycles. The van der Waals surface area contributed by atoms with Crippen molar-refractivity contribution in [2.24, 2.45) is 0 Å². The normalized spacial score (nSPS) is 17.7. The zero-order chi connectivity index (χ0) is 16.4. The molecule has 1 fully saturated rings. The van der Waals surface area contributed by atoms with E-state index in [9.17, 15) is 5.11 Å². The highest BCUT2D eigenvalue weighted by Gasteiger charge is 2.18. The maximum atomic E-state index is 9.18. The van der Waals surface area contributed by atoms with Crippen molar-refractivity contribution in [1.82, 2.24) is 9.47 Å². The Bertz CT molecular complexity index is 704. The summed E-state index contributed by atoms with van der Waals surface area (Å²) >= 11 is 0. The lowest BCUT2D eigenvalue weighted by molar-refractivity contribution is 0.172. The van der Waals surface area contributed by atoms with Crippen molar-refractivity contribution in [1.29, 1.82) is 0 Å². The van der Waals surface area contributed by atoms with Gasteiger partial charge in [-0.2, -0.15) is 0 Å². The molecule has 1 aromatic carbocycles. The van der Waals surface area contributed by atoms with Crippen molar-refractivity contribution >= 4 is 10.9 Å². The molecule has 0 atom stereocenters. The van der Waals surface area contributed by atoms with Crippen molar-refractivity contribution in [3.8, 4) is 11.5 Å². The molecule has 0 spiro atoms. The fourth-order valence-electron chi connectivity index (χ4n) is 3.81. The Hall–Kier alpha value is -1.72. The zero-order valence-electron chi connectivity index (χ0n) is 14.2. The molecule has 2 aliphatic rings. The van der Waals surface area contributed by atoms with E-state index in [4.69, 9.17) is 9.47 Å². The summed E-state index contributed by atoms with van der Waals surface area (Å²) in [5.74, 6) is 1.69. The Labute approximate surface area is 142 Å². The van der Waals surface area contributed by atoms with E-state index in [0.29, 0.717) is 13.2 Å². The van der Waals surface area contributed by atoms with Crippen LogP contribution in [0.3, 0.4) is 0 Å². The minimum Gasteiger partial charge on any atom is -0.486 e. The van der Waals surface area contributed by atoms with Crippen LogP contribution in [0.1, 0.15) is 24.8 Å². The lowest BCUT2D eigenvalue weighted by Crippen LogP contribution is -2.21. The van der Waals surface area contributed by atoms with Crippen LogP contribution in [0.15, 0.2) is 18.3 Å². The number of aliphatic hydroxyl groups excluding tert-OH is 1. The molecule has 0 aliphatic carbocycles. The van der Waals surface area contributed by atoms with Crippen LogP contribution >= 0.6 is 0 Å². The molecule has 24 heavy (non-hydrogen) atoms. The van der Waals surface area contributed by atoms with Gasteiger partial charge in [0.2, 0.25) is 0 Å². The summed E-state index contributed by atoms with van der Waals surface area (Å²) < 4.78 is 13.8. The zero-order valence-corrected chi connectivity index (χ0v) is 14.2. The number of fused-ring (bicyclic) bond motifs is 2. The molecule has 0 unspecified atom stereocenters. The molecule has 1 N–H and O–H groups in total. The number of ether oxygens (including phenoxy) is 2. The van der Waals surface area contributed by atoms with Gasteiger partial charge in [-0.15, -0.1) is 0 Å². The summed E-state index contributed by atoms with van der Waals surface area (Å²) in [7, 11) is 0. The quantitative estimate of drug-likeness (QED) is 0.884. The molecule has 2 aliphatic heterocycles. The van der Waals surface area contributed by atoms with Gasteiger partial charge in [-0.05, 0) is 50.4 Å². The molecular weight excluding hydrogens is 304 g/mol. The molecule has 4 rings (SSSR count). The van der Waals surface area contributed by atoms with Crippen LogP contribution in [0.2, 0.25) is 0 Å². The smallest absolute Gasteiger partial charge is 0.163 e. The van der Waals surface area contributed by atoms with Gasteiger partial charge in [0.05, 0.1) is 5.52 Å². The number of benzene rings is 1. The van der Waals surface area contributed by atoms with Crippen LogP contribution in [-0.4, -0.2) is 54.0 Å². The fourth-order valence-corrected chi connectivity index (χ4v) is 3.81. The van der Waals surface area contributed by atoms with E-state index < -0.39 is 0 Å². The van der Waals surface area contributed by atoms with Gasteiger partial charge in [0, 0.05) is 37.3 Å². The van der Waals surface area contributed by atoms with E-state index in [1.165, 1.54) is 42.4 Å². The van der Waals surface area contributed by atoms with Crippen LogP contribution in [-0.2, 0) is 13.0 Å². The molecule has 130 valence electrons. The van der Waals surface area contributed by atoms with Crippen LogP contribution in [0.5, 0.6) is 11.5 Å². The summed E-state index contributed by atoms with van der Waals surface area (Å²) in [5.41, 5.74) is 2.55. The highest BCUT2D eigenvalue weighted by molar-refractivity contribution is 5.87. The van der Waals surface area contributed by atoms with Gasteiger partial charge in [-0.3, -0.25) is 0 Å². The molecule has 0 amide bonds. The molecule has 2 aromatic rings. The number of hydrogen-bond acceptors (Lipinski definition) is 4. The second-order valence-electron chi connectivity index (χ2n) is 6.74. The summed E-state index contributed by atoms with van der Waals surface area (Å²) in [4.78, 5) is 2.55. The van der Waals surface area contributed by atoms with Crippen LogP contribution in [0.25, 0.3) is 10.9 Å². The van der Waals surface area contributed by atoms with E-state index in [1.807, 2.05) is 0 Å². The highest BCUT2D eigenvalue weighted by atomic mass is 16.6. The number of nitrogens with zero attached hydrogens (tertiary/aromatic N) is 2. The average molecular weight is 330 g/mol. The van der Waals surface area contributed by atoms with Gasteiger partial charge < -0.3 is 24.0 Å². The van der Waals surface area contributed by atoms with Gasteiger partial charge in [-0.1, -0.05) is 0 Å². The first-order valence-corrected chi connectivity index (χ1v) is 9.10. The summed E-state index contributed by atoms with van der Waals surface area (Å²) in [6.07, 6.45) is 6.74. The van der Waals surface area contributed by atoms with E-state index in [0.717, 1.165) is 37.4 Å². The summed E-state index contributed by atoms with van der Waals surface area (Å²) in [6.45, 7) is 5.85. The number of hydrogen-bond donors (Lipinski definition) is 1. The van der Waals surface area contributed by atoms with Crippen LogP contribution < -0.4 is 9.47 Å². The van der Waals surface area contributed by atoms with Crippen LogP contribution in [0, 0.1) is 0 Å². The van der Waals surface area contributed by atoms with Crippen molar-refractivity contribution in [2.75, 3.05) is 39.5 Å². The Balaban J connectivity index is 1.65. The fraction of sp³-hybridized carbons (Fsp3) is 0.579. The number of aryl methyl sites for hydroxylation is 1. The number of rotatable bonds is 6. The molecule has 1 saturated heterocycles. The van der Waals surface area contributed by atoms with Gasteiger partial charge in [-0.25, -0.2) is 0 Å². The third-order valence-electron chi connectivity index (χ3n) is 5.08. The SMILES string of the molecule is OCCCn1cc(CCN2CCCC2)c2cc3c(cc21)OCCO3. The Morgan fingerprint density at radius 1 is 1.00 bits per heavy atom. The molecule has 1 aromatic heterocycles. The van der Waals surface area contributed by atoms with Gasteiger partial charge in [0.25, 0.3) is 0 Å². The predicted octanol–water partition coefficient (Wildman–Crippen LogP) is 2.43. The lowest BCUT2D eigenvalue weighted by Gasteiger charge is -2.19. The number of likely N-dealkylation sites (tertiary alicyclic amines) is 1. The van der Waals surface area contributed by atoms with E-state index in [-0.39, 0.29) is 6.61 Å². The molecular formula is C19H26N2O3. The third-order valence-corrected chi connectivity index (χ3v) is 5.08. The summed E-state index contributed by atoms with van der Waals surface area (Å²) in [6, 6.07) is 4.24. The highest BCUT2D eigenvalue weighted by Crippen LogP contribution is 2.37. The van der Waals surface area contributed by atoms with E-state index in [1.54, 1.807) is 0 Å². The second-order valence-corrected chi connectivity index (χ2v) is 6.74. The predicted molar refractivity (Wildman–Crippen MR) is 94.0 cm³/mol. The Kier molecular flexibility index (Phi) is 4.63. The Morgan fingerprint density at radius 2 is 1.75 bits per heavy atom. The minimum absolute atomic E-state index is 0.216. The van der Waals surface area contributed by atoms with Gasteiger partial charge in [0.15, 0.2) is 11.5 Å². The largest absolute Gasteiger partial charge is 0.486 e. The molecule has 0 radical (unpaired) electrons. The van der Waals surface area contributed by atoms with Crippen LogP contribution in [0.4, 0.5) is 0 Å². The summed E-state index contributed by atoms with van der Waals surface area (Å²) in [5, 5.41) is 10.4. The first-order valence-electron chi connectivity index (χ1n) is 9.10. The van der Waals surface area contributed by atoms with Crippen molar-refractivity contribution in [3.63, 3.8) is 0 Å². The van der Waals surface area contributed by atoms with E-state index in [2.05, 4.69) is 27.8 Å². The minimum atomic E-state index is 0.216. The Morgan fingerprint density at radius 3 is 2.50 bits per heavy atom. The molecule has 3 heterocycles. The number of aromatic nitrogens is 1. The first-order chi connectivity index (χ1) is 11.8. The lowest BCUT2D eigenvalue weighted by atomic mass is 10.1.